The van der Waals surface area contributed by atoms with E-state index in [4.69, 9.17) is 9.26 Å². The molecule has 22 heavy (non-hydrogen) atoms. The van der Waals surface area contributed by atoms with Gasteiger partial charge in [-0.25, -0.2) is 9.78 Å². The van der Waals surface area contributed by atoms with Crippen molar-refractivity contribution < 1.29 is 14.1 Å². The van der Waals surface area contributed by atoms with Gasteiger partial charge in [0.2, 0.25) is 5.89 Å². The van der Waals surface area contributed by atoms with E-state index in [1.54, 1.807) is 19.4 Å². The zero-order valence-electron chi connectivity index (χ0n) is 13.3. The number of carbonyl (C=O) groups excluding carboxylic acids is 1. The van der Waals surface area contributed by atoms with Crippen LogP contribution in [0.5, 0.6) is 0 Å². The lowest BCUT2D eigenvalue weighted by molar-refractivity contribution is 0.0528. The minimum Gasteiger partial charge on any atom is -0.444 e. The van der Waals surface area contributed by atoms with Crippen LogP contribution in [-0.2, 0) is 17.7 Å². The van der Waals surface area contributed by atoms with Crippen molar-refractivity contribution in [3.63, 3.8) is 0 Å². The molecule has 0 aliphatic carbocycles. The van der Waals surface area contributed by atoms with Crippen LogP contribution in [0.15, 0.2) is 17.0 Å². The van der Waals surface area contributed by atoms with E-state index in [-0.39, 0.29) is 0 Å². The van der Waals surface area contributed by atoms with Crippen LogP contribution < -0.4 is 5.32 Å². The fraction of sp³-hybridized carbons (Fsp3) is 0.571. The molecule has 0 unspecified atom stereocenters. The maximum absolute atomic E-state index is 11.6. The summed E-state index contributed by atoms with van der Waals surface area (Å²) in [5.74, 6) is 1.13. The molecule has 0 saturated carbocycles. The van der Waals surface area contributed by atoms with Gasteiger partial charge in [0.25, 0.3) is 0 Å². The lowest BCUT2D eigenvalue weighted by Crippen LogP contribution is -2.33. The quantitative estimate of drug-likeness (QED) is 0.903. The molecule has 0 atom stereocenters. The molecule has 1 N–H and O–H groups in total. The SMILES string of the molecule is Cc1nc(Cn2cncc2CCNC(=O)OC(C)(C)C)no1. The zero-order chi connectivity index (χ0) is 16.2. The van der Waals surface area contributed by atoms with Crippen LogP contribution in [0.25, 0.3) is 0 Å². The predicted molar refractivity (Wildman–Crippen MR) is 78.3 cm³/mol. The van der Waals surface area contributed by atoms with Crippen molar-refractivity contribution in [2.75, 3.05) is 6.54 Å². The first kappa shape index (κ1) is 16.0. The monoisotopic (exact) mass is 307 g/mol. The van der Waals surface area contributed by atoms with Crippen LogP contribution in [0.2, 0.25) is 0 Å². The average molecular weight is 307 g/mol. The van der Waals surface area contributed by atoms with E-state index in [2.05, 4.69) is 20.4 Å². The molecular formula is C14H21N5O3. The number of aromatic nitrogens is 4. The highest BCUT2D eigenvalue weighted by Gasteiger charge is 2.15. The van der Waals surface area contributed by atoms with Crippen molar-refractivity contribution in [1.82, 2.24) is 25.0 Å². The van der Waals surface area contributed by atoms with Crippen LogP contribution >= 0.6 is 0 Å². The smallest absolute Gasteiger partial charge is 0.407 e. The summed E-state index contributed by atoms with van der Waals surface area (Å²) >= 11 is 0. The van der Waals surface area contributed by atoms with Crippen LogP contribution in [0.4, 0.5) is 4.79 Å². The fourth-order valence-corrected chi connectivity index (χ4v) is 1.86. The van der Waals surface area contributed by atoms with E-state index < -0.39 is 11.7 Å². The minimum atomic E-state index is -0.498. The predicted octanol–water partition coefficient (Wildman–Crippen LogP) is 1.69. The summed E-state index contributed by atoms with van der Waals surface area (Å²) in [6.07, 6.45) is 3.67. The molecule has 1 amide bonds. The molecule has 0 radical (unpaired) electrons. The Morgan fingerprint density at radius 2 is 2.23 bits per heavy atom. The number of nitrogens with one attached hydrogen (secondary N) is 1. The summed E-state index contributed by atoms with van der Waals surface area (Å²) in [6, 6.07) is 0. The molecule has 2 heterocycles. The molecule has 2 aromatic heterocycles. The van der Waals surface area contributed by atoms with Gasteiger partial charge < -0.3 is 19.1 Å². The first-order valence-corrected chi connectivity index (χ1v) is 7.08. The van der Waals surface area contributed by atoms with Gasteiger partial charge in [-0.15, -0.1) is 0 Å². The summed E-state index contributed by atoms with van der Waals surface area (Å²) in [4.78, 5) is 19.9. The van der Waals surface area contributed by atoms with Gasteiger partial charge in [-0.2, -0.15) is 4.98 Å². The van der Waals surface area contributed by atoms with E-state index in [0.29, 0.717) is 31.2 Å². The molecule has 0 saturated heterocycles. The van der Waals surface area contributed by atoms with Gasteiger partial charge in [0.1, 0.15) is 5.60 Å². The molecular weight excluding hydrogens is 286 g/mol. The molecule has 0 bridgehead atoms. The summed E-state index contributed by atoms with van der Waals surface area (Å²) in [7, 11) is 0. The summed E-state index contributed by atoms with van der Waals surface area (Å²) in [5, 5.41) is 6.58. The Hall–Kier alpha value is -2.38. The largest absolute Gasteiger partial charge is 0.444 e. The second kappa shape index (κ2) is 6.59. The maximum Gasteiger partial charge on any atom is 0.407 e. The van der Waals surface area contributed by atoms with Crippen LogP contribution in [-0.4, -0.2) is 37.9 Å². The van der Waals surface area contributed by atoms with E-state index in [9.17, 15) is 4.79 Å². The highest BCUT2D eigenvalue weighted by Crippen LogP contribution is 2.07. The Kier molecular flexibility index (Phi) is 4.79. The molecule has 8 heteroatoms. The number of imidazole rings is 1. The molecule has 0 spiro atoms. The Morgan fingerprint density at radius 3 is 2.86 bits per heavy atom. The zero-order valence-corrected chi connectivity index (χ0v) is 13.3. The van der Waals surface area contributed by atoms with Gasteiger partial charge in [0.15, 0.2) is 5.82 Å². The van der Waals surface area contributed by atoms with Gasteiger partial charge in [-0.05, 0) is 20.8 Å². The Labute approximate surface area is 128 Å². The molecule has 120 valence electrons. The topological polar surface area (TPSA) is 95.1 Å². The third-order valence-electron chi connectivity index (χ3n) is 2.73. The van der Waals surface area contributed by atoms with Crippen LogP contribution in [0.3, 0.4) is 0 Å². The highest BCUT2D eigenvalue weighted by molar-refractivity contribution is 5.67. The Morgan fingerprint density at radius 1 is 1.45 bits per heavy atom. The van der Waals surface area contributed by atoms with E-state index in [0.717, 1.165) is 5.69 Å². The van der Waals surface area contributed by atoms with Crippen molar-refractivity contribution >= 4 is 6.09 Å². The lowest BCUT2D eigenvalue weighted by Gasteiger charge is -2.19. The highest BCUT2D eigenvalue weighted by atomic mass is 16.6. The molecule has 0 aromatic carbocycles. The average Bonchev–Trinajstić information content (AvgIpc) is 2.98. The van der Waals surface area contributed by atoms with Crippen LogP contribution in [0.1, 0.15) is 38.2 Å². The number of hydrogen-bond acceptors (Lipinski definition) is 6. The summed E-state index contributed by atoms with van der Waals surface area (Å²) in [6.45, 7) is 8.18. The number of ether oxygens (including phenoxy) is 1. The number of rotatable bonds is 5. The van der Waals surface area contributed by atoms with Crippen molar-refractivity contribution in [3.05, 3.63) is 29.9 Å². The number of hydrogen-bond donors (Lipinski definition) is 1. The summed E-state index contributed by atoms with van der Waals surface area (Å²) in [5.41, 5.74) is 0.473. The van der Waals surface area contributed by atoms with Crippen molar-refractivity contribution in [2.24, 2.45) is 0 Å². The van der Waals surface area contributed by atoms with Gasteiger partial charge >= 0.3 is 6.09 Å². The third-order valence-corrected chi connectivity index (χ3v) is 2.73. The van der Waals surface area contributed by atoms with Crippen molar-refractivity contribution in [2.45, 2.75) is 46.3 Å². The number of nitrogens with zero attached hydrogens (tertiary/aromatic N) is 4. The van der Waals surface area contributed by atoms with E-state index in [1.807, 2.05) is 25.3 Å². The molecule has 0 aliphatic heterocycles. The van der Waals surface area contributed by atoms with Crippen molar-refractivity contribution in [1.29, 1.82) is 0 Å². The molecule has 0 fully saturated rings. The number of alkyl carbamates (subject to hydrolysis) is 1. The number of carbonyl (C=O) groups is 1. The minimum absolute atomic E-state index is 0.424. The van der Waals surface area contributed by atoms with Gasteiger partial charge in [-0.3, -0.25) is 0 Å². The first-order chi connectivity index (χ1) is 10.3. The lowest BCUT2D eigenvalue weighted by atomic mass is 10.2. The number of aryl methyl sites for hydroxylation is 1. The molecule has 0 aliphatic rings. The number of amides is 1. The molecule has 2 rings (SSSR count). The van der Waals surface area contributed by atoms with E-state index >= 15 is 0 Å². The first-order valence-electron chi connectivity index (χ1n) is 7.08. The Bertz CT molecular complexity index is 626. The third kappa shape index (κ3) is 4.87. The van der Waals surface area contributed by atoms with E-state index in [1.165, 1.54) is 0 Å². The molecule has 2 aromatic rings. The van der Waals surface area contributed by atoms with Gasteiger partial charge in [0.05, 0.1) is 12.9 Å². The standard InChI is InChI=1S/C14H21N5O3/c1-10-17-12(18-22-10)8-19-9-15-7-11(19)5-6-16-13(20)21-14(2,3)4/h7,9H,5-6,8H2,1-4H3,(H,16,20). The Balaban J connectivity index is 1.84. The summed E-state index contributed by atoms with van der Waals surface area (Å²) < 4.78 is 12.0. The van der Waals surface area contributed by atoms with Crippen LogP contribution in [0, 0.1) is 6.92 Å². The normalized spacial score (nSPS) is 11.5. The van der Waals surface area contributed by atoms with Crippen molar-refractivity contribution in [3.8, 4) is 0 Å². The second-order valence-corrected chi connectivity index (χ2v) is 5.92. The van der Waals surface area contributed by atoms with Gasteiger partial charge in [0, 0.05) is 31.8 Å². The fourth-order valence-electron chi connectivity index (χ4n) is 1.86. The maximum atomic E-state index is 11.6. The molecule has 8 nitrogen and oxygen atoms in total. The second-order valence-electron chi connectivity index (χ2n) is 5.92. The van der Waals surface area contributed by atoms with Gasteiger partial charge in [-0.1, -0.05) is 5.16 Å².